The second-order valence-corrected chi connectivity index (χ2v) is 5.33. The molecule has 0 unspecified atom stereocenters. The summed E-state index contributed by atoms with van der Waals surface area (Å²) < 4.78 is 14.0. The summed E-state index contributed by atoms with van der Waals surface area (Å²) in [5.41, 5.74) is 3.99. The summed E-state index contributed by atoms with van der Waals surface area (Å²) >= 11 is 3.33. The van der Waals surface area contributed by atoms with Crippen LogP contribution >= 0.6 is 15.9 Å². The maximum atomic E-state index is 14.0. The van der Waals surface area contributed by atoms with E-state index >= 15 is 0 Å². The van der Waals surface area contributed by atoms with Crippen LogP contribution in [0.15, 0.2) is 42.5 Å². The molecule has 2 rings (SSSR count). The van der Waals surface area contributed by atoms with Gasteiger partial charge in [0, 0.05) is 18.9 Å². The van der Waals surface area contributed by atoms with Crippen LogP contribution in [0.1, 0.15) is 16.7 Å². The van der Waals surface area contributed by atoms with E-state index < -0.39 is 0 Å². The minimum atomic E-state index is -0.174. The van der Waals surface area contributed by atoms with Gasteiger partial charge in [0.1, 0.15) is 5.82 Å². The summed E-state index contributed by atoms with van der Waals surface area (Å²) in [6.07, 6.45) is 0. The first kappa shape index (κ1) is 14.1. The zero-order valence-corrected chi connectivity index (χ0v) is 12.7. The van der Waals surface area contributed by atoms with Crippen LogP contribution in [-0.2, 0) is 11.9 Å². The van der Waals surface area contributed by atoms with E-state index in [9.17, 15) is 4.39 Å². The van der Waals surface area contributed by atoms with Crippen LogP contribution in [0.4, 0.5) is 10.1 Å². The minimum Gasteiger partial charge on any atom is -0.368 e. The Morgan fingerprint density at radius 2 is 1.89 bits per heavy atom. The molecular weight excluding hydrogens is 305 g/mol. The maximum Gasteiger partial charge on any atom is 0.146 e. The van der Waals surface area contributed by atoms with E-state index in [0.717, 1.165) is 5.56 Å². The van der Waals surface area contributed by atoms with Crippen LogP contribution < -0.4 is 4.90 Å². The van der Waals surface area contributed by atoms with Crippen molar-refractivity contribution in [2.75, 3.05) is 11.9 Å². The third-order valence-electron chi connectivity index (χ3n) is 3.08. The first-order valence-electron chi connectivity index (χ1n) is 6.21. The highest BCUT2D eigenvalue weighted by Gasteiger charge is 2.08. The molecule has 0 bridgehead atoms. The third kappa shape index (κ3) is 3.57. The number of hydrogen-bond acceptors (Lipinski definition) is 1. The first-order valence-corrected chi connectivity index (χ1v) is 7.33. The Kier molecular flexibility index (Phi) is 4.59. The van der Waals surface area contributed by atoms with Crippen molar-refractivity contribution in [3.63, 3.8) is 0 Å². The molecule has 0 spiro atoms. The summed E-state index contributed by atoms with van der Waals surface area (Å²) in [6.45, 7) is 2.77. The molecule has 0 aliphatic carbocycles. The smallest absolute Gasteiger partial charge is 0.146 e. The van der Waals surface area contributed by atoms with Gasteiger partial charge in [-0.1, -0.05) is 51.8 Å². The molecular formula is C16H17BrFN. The van der Waals surface area contributed by atoms with Gasteiger partial charge in [0.05, 0.1) is 5.69 Å². The highest BCUT2D eigenvalue weighted by Crippen LogP contribution is 2.22. The zero-order chi connectivity index (χ0) is 13.8. The first-order chi connectivity index (χ1) is 9.10. The second kappa shape index (κ2) is 6.20. The molecule has 0 N–H and O–H groups in total. The van der Waals surface area contributed by atoms with Crippen LogP contribution in [0.3, 0.4) is 0 Å². The van der Waals surface area contributed by atoms with E-state index in [-0.39, 0.29) is 5.82 Å². The van der Waals surface area contributed by atoms with Crippen molar-refractivity contribution in [3.05, 3.63) is 65.0 Å². The maximum absolute atomic E-state index is 14.0. The summed E-state index contributed by atoms with van der Waals surface area (Å²) in [6, 6.07) is 13.6. The van der Waals surface area contributed by atoms with Crippen molar-refractivity contribution < 1.29 is 4.39 Å². The molecule has 1 nitrogen and oxygen atoms in total. The summed E-state index contributed by atoms with van der Waals surface area (Å²) in [5, 5.41) is 0.672. The van der Waals surface area contributed by atoms with Gasteiger partial charge in [0.25, 0.3) is 0 Å². The molecule has 2 aromatic carbocycles. The molecule has 0 saturated heterocycles. The molecule has 0 atom stereocenters. The number of hydrogen-bond donors (Lipinski definition) is 0. The highest BCUT2D eigenvalue weighted by atomic mass is 79.9. The molecule has 0 aliphatic heterocycles. The Labute approximate surface area is 122 Å². The monoisotopic (exact) mass is 321 g/mol. The van der Waals surface area contributed by atoms with Gasteiger partial charge in [-0.15, -0.1) is 0 Å². The lowest BCUT2D eigenvalue weighted by Gasteiger charge is -2.20. The Hall–Kier alpha value is -1.35. The van der Waals surface area contributed by atoms with Gasteiger partial charge in [-0.05, 0) is 30.2 Å². The molecule has 100 valence electrons. The van der Waals surface area contributed by atoms with Crippen LogP contribution in [-0.4, -0.2) is 7.05 Å². The number of anilines is 1. The van der Waals surface area contributed by atoms with Crippen molar-refractivity contribution in [1.82, 2.24) is 0 Å². The Bertz CT molecular complexity index is 568. The topological polar surface area (TPSA) is 3.24 Å². The van der Waals surface area contributed by atoms with E-state index in [4.69, 9.17) is 0 Å². The molecule has 0 fully saturated rings. The van der Waals surface area contributed by atoms with Crippen molar-refractivity contribution in [3.8, 4) is 0 Å². The molecule has 0 radical (unpaired) electrons. The second-order valence-electron chi connectivity index (χ2n) is 4.76. The molecule has 2 aromatic rings. The van der Waals surface area contributed by atoms with Gasteiger partial charge >= 0.3 is 0 Å². The van der Waals surface area contributed by atoms with Crippen molar-refractivity contribution in [1.29, 1.82) is 0 Å². The predicted octanol–water partition coefficient (Wildman–Crippen LogP) is 4.67. The molecule has 19 heavy (non-hydrogen) atoms. The van der Waals surface area contributed by atoms with Gasteiger partial charge in [-0.2, -0.15) is 0 Å². The number of nitrogens with zero attached hydrogens (tertiary/aromatic N) is 1. The molecule has 3 heteroatoms. The molecule has 0 saturated carbocycles. The van der Waals surface area contributed by atoms with E-state index in [0.29, 0.717) is 17.6 Å². The minimum absolute atomic E-state index is 0.174. The fraction of sp³-hybridized carbons (Fsp3) is 0.250. The number of halogens is 2. The third-order valence-corrected chi connectivity index (χ3v) is 3.73. The Balaban J connectivity index is 2.18. The van der Waals surface area contributed by atoms with Crippen LogP contribution in [0.2, 0.25) is 0 Å². The van der Waals surface area contributed by atoms with E-state index in [2.05, 4.69) is 41.1 Å². The average molecular weight is 322 g/mol. The molecule has 0 amide bonds. The lowest BCUT2D eigenvalue weighted by molar-refractivity contribution is 0.621. The standard InChI is InChI=1S/C16H17BrFN/c1-12-4-3-5-14(8-12)11-19(2)16-7-6-13(10-17)9-15(16)18/h3-9H,10-11H2,1-2H3. The quantitative estimate of drug-likeness (QED) is 0.740. The van der Waals surface area contributed by atoms with Crippen molar-refractivity contribution in [2.24, 2.45) is 0 Å². The van der Waals surface area contributed by atoms with E-state index in [1.54, 1.807) is 6.07 Å². The summed E-state index contributed by atoms with van der Waals surface area (Å²) in [4.78, 5) is 1.93. The normalized spacial score (nSPS) is 10.5. The largest absolute Gasteiger partial charge is 0.368 e. The SMILES string of the molecule is Cc1cccc(CN(C)c2ccc(CBr)cc2F)c1. The van der Waals surface area contributed by atoms with E-state index in [1.165, 1.54) is 11.1 Å². The molecule has 0 heterocycles. The fourth-order valence-corrected chi connectivity index (χ4v) is 2.46. The average Bonchev–Trinajstić information content (AvgIpc) is 2.38. The summed E-state index contributed by atoms with van der Waals surface area (Å²) in [5.74, 6) is -0.174. The van der Waals surface area contributed by atoms with E-state index in [1.807, 2.05) is 30.1 Å². The lowest BCUT2D eigenvalue weighted by Crippen LogP contribution is -2.17. The van der Waals surface area contributed by atoms with Crippen LogP contribution in [0.5, 0.6) is 0 Å². The molecule has 0 aliphatic rings. The van der Waals surface area contributed by atoms with Gasteiger partial charge in [-0.25, -0.2) is 4.39 Å². The number of rotatable bonds is 4. The predicted molar refractivity (Wildman–Crippen MR) is 82.3 cm³/mol. The fourth-order valence-electron chi connectivity index (χ4n) is 2.11. The summed E-state index contributed by atoms with van der Waals surface area (Å²) in [7, 11) is 1.91. The van der Waals surface area contributed by atoms with Gasteiger partial charge < -0.3 is 4.90 Å². The van der Waals surface area contributed by atoms with Gasteiger partial charge in [0.2, 0.25) is 0 Å². The highest BCUT2D eigenvalue weighted by molar-refractivity contribution is 9.08. The number of aryl methyl sites for hydroxylation is 1. The zero-order valence-electron chi connectivity index (χ0n) is 11.2. The van der Waals surface area contributed by atoms with Crippen molar-refractivity contribution >= 4 is 21.6 Å². The van der Waals surface area contributed by atoms with Gasteiger partial charge in [0.15, 0.2) is 0 Å². The van der Waals surface area contributed by atoms with Crippen LogP contribution in [0.25, 0.3) is 0 Å². The van der Waals surface area contributed by atoms with Crippen LogP contribution in [0, 0.1) is 12.7 Å². The lowest BCUT2D eigenvalue weighted by atomic mass is 10.1. The van der Waals surface area contributed by atoms with Crippen molar-refractivity contribution in [2.45, 2.75) is 18.8 Å². The molecule has 0 aromatic heterocycles. The van der Waals surface area contributed by atoms with Gasteiger partial charge in [-0.3, -0.25) is 0 Å². The number of alkyl halides is 1. The number of benzene rings is 2. The Morgan fingerprint density at radius 1 is 1.11 bits per heavy atom. The Morgan fingerprint density at radius 3 is 2.53 bits per heavy atom.